The summed E-state index contributed by atoms with van der Waals surface area (Å²) in [4.78, 5) is 0. The van der Waals surface area contributed by atoms with Crippen molar-refractivity contribution in [3.8, 4) is 0 Å². The number of halogens is 2. The Labute approximate surface area is 118 Å². The predicted molar refractivity (Wildman–Crippen MR) is 81.4 cm³/mol. The van der Waals surface area contributed by atoms with Crippen LogP contribution in [0.1, 0.15) is 26.3 Å². The lowest BCUT2D eigenvalue weighted by Gasteiger charge is -2.37. The van der Waals surface area contributed by atoms with Gasteiger partial charge in [-0.1, -0.05) is 43.3 Å². The Kier molecular flexibility index (Phi) is 4.44. The van der Waals surface area contributed by atoms with Gasteiger partial charge in [0, 0.05) is 10.0 Å². The van der Waals surface area contributed by atoms with Crippen molar-refractivity contribution < 1.29 is 8.82 Å². The molecule has 0 spiro atoms. The highest BCUT2D eigenvalue weighted by Gasteiger charge is 2.39. The van der Waals surface area contributed by atoms with Crippen LogP contribution in [0.4, 0.5) is 4.39 Å². The maximum Gasteiger partial charge on any atom is 0.250 e. The highest BCUT2D eigenvalue weighted by Crippen LogP contribution is 2.39. The molecule has 1 aromatic rings. The maximum absolute atomic E-state index is 13.3. The van der Waals surface area contributed by atoms with Gasteiger partial charge in [-0.25, -0.2) is 4.39 Å². The summed E-state index contributed by atoms with van der Waals surface area (Å²) in [5, 5.41) is 0.0930. The molecule has 0 fully saturated rings. The Morgan fingerprint density at radius 1 is 1.33 bits per heavy atom. The molecule has 0 unspecified atom stereocenters. The first kappa shape index (κ1) is 15.4. The largest absolute Gasteiger partial charge is 0.543 e. The second-order valence-electron chi connectivity index (χ2n) is 5.91. The molecule has 0 amide bonds. The summed E-state index contributed by atoms with van der Waals surface area (Å²) >= 11 is 3.40. The summed E-state index contributed by atoms with van der Waals surface area (Å²) in [6.45, 7) is 14.7. The Morgan fingerprint density at radius 2 is 1.89 bits per heavy atom. The first-order valence-electron chi connectivity index (χ1n) is 5.88. The number of benzene rings is 1. The van der Waals surface area contributed by atoms with Crippen LogP contribution < -0.4 is 0 Å². The van der Waals surface area contributed by atoms with E-state index >= 15 is 0 Å². The van der Waals surface area contributed by atoms with Crippen molar-refractivity contribution in [2.24, 2.45) is 0 Å². The molecule has 0 aromatic heterocycles. The molecule has 0 N–H and O–H groups in total. The minimum Gasteiger partial charge on any atom is -0.543 e. The molecule has 0 saturated carbocycles. The minimum atomic E-state index is -1.93. The summed E-state index contributed by atoms with van der Waals surface area (Å²) in [6, 6.07) is 4.53. The van der Waals surface area contributed by atoms with Gasteiger partial charge in [-0.2, -0.15) is 0 Å². The van der Waals surface area contributed by atoms with E-state index in [1.165, 1.54) is 12.1 Å². The van der Waals surface area contributed by atoms with E-state index < -0.39 is 8.32 Å². The van der Waals surface area contributed by atoms with E-state index in [-0.39, 0.29) is 10.9 Å². The van der Waals surface area contributed by atoms with Gasteiger partial charge in [0.25, 0.3) is 0 Å². The van der Waals surface area contributed by atoms with Crippen LogP contribution >= 0.6 is 15.9 Å². The summed E-state index contributed by atoms with van der Waals surface area (Å²) in [5.41, 5.74) is 0.680. The van der Waals surface area contributed by atoms with Gasteiger partial charge in [0.2, 0.25) is 8.32 Å². The van der Waals surface area contributed by atoms with Gasteiger partial charge in [-0.15, -0.1) is 0 Å². The van der Waals surface area contributed by atoms with E-state index in [0.717, 1.165) is 4.47 Å². The summed E-state index contributed by atoms with van der Waals surface area (Å²) in [5.74, 6) is 0.251. The third-order valence-electron chi connectivity index (χ3n) is 3.41. The average molecular weight is 331 g/mol. The van der Waals surface area contributed by atoms with Crippen LogP contribution in [0.15, 0.2) is 29.3 Å². The highest BCUT2D eigenvalue weighted by atomic mass is 79.9. The Balaban J connectivity index is 3.00. The van der Waals surface area contributed by atoms with Crippen molar-refractivity contribution in [2.75, 3.05) is 0 Å². The molecule has 1 aromatic carbocycles. The van der Waals surface area contributed by atoms with E-state index in [0.29, 0.717) is 11.3 Å². The fourth-order valence-corrected chi connectivity index (χ4v) is 2.73. The van der Waals surface area contributed by atoms with Crippen LogP contribution in [0.25, 0.3) is 5.76 Å². The van der Waals surface area contributed by atoms with Gasteiger partial charge in [0.15, 0.2) is 0 Å². The molecule has 100 valence electrons. The SMILES string of the molecule is C=C(O[Si](C)(C)C(C)(C)C)c1cc(F)ccc1Br. The van der Waals surface area contributed by atoms with E-state index in [2.05, 4.69) is 56.4 Å². The molecule has 0 atom stereocenters. The molecular weight excluding hydrogens is 311 g/mol. The lowest BCUT2D eigenvalue weighted by atomic mass is 10.2. The molecule has 0 aliphatic heterocycles. The molecule has 0 saturated heterocycles. The number of hydrogen-bond acceptors (Lipinski definition) is 1. The average Bonchev–Trinajstić information content (AvgIpc) is 2.19. The van der Waals surface area contributed by atoms with Crippen LogP contribution in [0.5, 0.6) is 0 Å². The Bertz CT molecular complexity index is 463. The molecule has 1 nitrogen and oxygen atoms in total. The van der Waals surface area contributed by atoms with Gasteiger partial charge < -0.3 is 4.43 Å². The molecule has 18 heavy (non-hydrogen) atoms. The molecular formula is C14H20BrFOSi. The van der Waals surface area contributed by atoms with Gasteiger partial charge in [-0.3, -0.25) is 0 Å². The quantitative estimate of drug-likeness (QED) is 0.519. The van der Waals surface area contributed by atoms with Crippen molar-refractivity contribution in [3.05, 3.63) is 40.6 Å². The zero-order chi connectivity index (χ0) is 14.1. The van der Waals surface area contributed by atoms with E-state index in [1.807, 2.05) is 0 Å². The first-order valence-corrected chi connectivity index (χ1v) is 9.58. The second kappa shape index (κ2) is 5.17. The van der Waals surface area contributed by atoms with Gasteiger partial charge in [-0.05, 0) is 36.3 Å². The van der Waals surface area contributed by atoms with Gasteiger partial charge in [0.1, 0.15) is 11.6 Å². The minimum absolute atomic E-state index is 0.0930. The van der Waals surface area contributed by atoms with Crippen LogP contribution in [0, 0.1) is 5.82 Å². The normalized spacial score (nSPS) is 12.4. The topological polar surface area (TPSA) is 9.23 Å². The van der Waals surface area contributed by atoms with E-state index in [9.17, 15) is 4.39 Å². The first-order chi connectivity index (χ1) is 8.04. The monoisotopic (exact) mass is 330 g/mol. The zero-order valence-corrected chi connectivity index (χ0v) is 14.2. The van der Waals surface area contributed by atoms with E-state index in [1.54, 1.807) is 6.07 Å². The van der Waals surface area contributed by atoms with E-state index in [4.69, 9.17) is 4.43 Å². The van der Waals surface area contributed by atoms with Gasteiger partial charge in [0.05, 0.1) is 0 Å². The number of hydrogen-bond donors (Lipinski definition) is 0. The lowest BCUT2D eigenvalue weighted by Crippen LogP contribution is -2.40. The van der Waals surface area contributed by atoms with Crippen LogP contribution in [-0.4, -0.2) is 8.32 Å². The summed E-state index contributed by atoms with van der Waals surface area (Å²) in [7, 11) is -1.93. The highest BCUT2D eigenvalue weighted by molar-refractivity contribution is 9.10. The van der Waals surface area contributed by atoms with Crippen LogP contribution in [-0.2, 0) is 4.43 Å². The van der Waals surface area contributed by atoms with Crippen molar-refractivity contribution >= 4 is 30.0 Å². The Morgan fingerprint density at radius 3 is 2.39 bits per heavy atom. The zero-order valence-electron chi connectivity index (χ0n) is 11.6. The second-order valence-corrected chi connectivity index (χ2v) is 11.5. The number of rotatable bonds is 3. The molecule has 4 heteroatoms. The summed E-state index contributed by atoms with van der Waals surface area (Å²) in [6.07, 6.45) is 0. The summed E-state index contributed by atoms with van der Waals surface area (Å²) < 4.78 is 20.1. The third kappa shape index (κ3) is 3.45. The van der Waals surface area contributed by atoms with Crippen molar-refractivity contribution in [1.82, 2.24) is 0 Å². The molecule has 0 bridgehead atoms. The van der Waals surface area contributed by atoms with Crippen LogP contribution in [0.3, 0.4) is 0 Å². The van der Waals surface area contributed by atoms with Crippen molar-refractivity contribution in [1.29, 1.82) is 0 Å². The Hall–Kier alpha value is -0.613. The molecule has 1 rings (SSSR count). The fourth-order valence-electron chi connectivity index (χ4n) is 1.23. The van der Waals surface area contributed by atoms with Crippen molar-refractivity contribution in [2.45, 2.75) is 38.9 Å². The molecule has 0 radical (unpaired) electrons. The van der Waals surface area contributed by atoms with Crippen molar-refractivity contribution in [3.63, 3.8) is 0 Å². The molecule has 0 aliphatic rings. The maximum atomic E-state index is 13.3. The van der Waals surface area contributed by atoms with Gasteiger partial charge >= 0.3 is 0 Å². The third-order valence-corrected chi connectivity index (χ3v) is 8.47. The molecule has 0 aliphatic carbocycles. The van der Waals surface area contributed by atoms with Crippen LogP contribution in [0.2, 0.25) is 18.1 Å². The standard InChI is InChI=1S/C14H20BrFOSi/c1-10(17-18(5,6)14(2,3)4)12-9-11(16)7-8-13(12)15/h7-9H,1H2,2-6H3. The lowest BCUT2D eigenvalue weighted by molar-refractivity contribution is 0.458. The predicted octanol–water partition coefficient (Wildman–Crippen LogP) is 5.58. The smallest absolute Gasteiger partial charge is 0.250 e. The fraction of sp³-hybridized carbons (Fsp3) is 0.429. The molecule has 0 heterocycles.